The van der Waals surface area contributed by atoms with E-state index in [1.54, 1.807) is 36.4 Å². The number of halogens is 2. The van der Waals surface area contributed by atoms with Crippen molar-refractivity contribution in [3.05, 3.63) is 76.0 Å². The van der Waals surface area contributed by atoms with Crippen molar-refractivity contribution in [2.75, 3.05) is 6.61 Å². The molecule has 0 aliphatic heterocycles. The maximum Gasteiger partial charge on any atom is 0.277 e. The van der Waals surface area contributed by atoms with E-state index in [2.05, 4.69) is 10.5 Å². The molecule has 1 heterocycles. The third-order valence-electron chi connectivity index (χ3n) is 3.57. The second-order valence-electron chi connectivity index (χ2n) is 5.73. The molecule has 1 aromatic heterocycles. The summed E-state index contributed by atoms with van der Waals surface area (Å²) in [6, 6.07) is 16.2. The van der Waals surface area contributed by atoms with Crippen molar-refractivity contribution in [2.24, 2.45) is 5.10 Å². The van der Waals surface area contributed by atoms with Crippen LogP contribution in [0, 0.1) is 6.92 Å². The highest BCUT2D eigenvalue weighted by Gasteiger charge is 2.07. The molecular formula is C20H16Cl2N2O3. The summed E-state index contributed by atoms with van der Waals surface area (Å²) in [5.74, 6) is 1.36. The molecule has 0 unspecified atom stereocenters. The Hall–Kier alpha value is -2.76. The highest BCUT2D eigenvalue weighted by molar-refractivity contribution is 6.42. The molecule has 138 valence electrons. The summed E-state index contributed by atoms with van der Waals surface area (Å²) >= 11 is 11.9. The molecule has 1 N–H and O–H groups in total. The Kier molecular flexibility index (Phi) is 6.16. The highest BCUT2D eigenvalue weighted by atomic mass is 35.5. The molecule has 0 fully saturated rings. The lowest BCUT2D eigenvalue weighted by Gasteiger charge is -2.05. The molecule has 0 saturated carbocycles. The summed E-state index contributed by atoms with van der Waals surface area (Å²) in [4.78, 5) is 11.8. The van der Waals surface area contributed by atoms with E-state index in [1.807, 2.05) is 25.1 Å². The number of hydrogen-bond donors (Lipinski definition) is 1. The lowest BCUT2D eigenvalue weighted by molar-refractivity contribution is -0.123. The van der Waals surface area contributed by atoms with Crippen LogP contribution in [0.5, 0.6) is 5.75 Å². The molecule has 3 aromatic rings. The van der Waals surface area contributed by atoms with Crippen LogP contribution in [0.1, 0.15) is 11.3 Å². The molecule has 7 heteroatoms. The van der Waals surface area contributed by atoms with Crippen LogP contribution in [-0.4, -0.2) is 18.7 Å². The van der Waals surface area contributed by atoms with Gasteiger partial charge in [0.2, 0.25) is 0 Å². The van der Waals surface area contributed by atoms with E-state index >= 15 is 0 Å². The number of nitrogens with one attached hydrogen (secondary N) is 1. The Bertz CT molecular complexity index is 983. The van der Waals surface area contributed by atoms with Gasteiger partial charge in [0.05, 0.1) is 16.3 Å². The first-order valence-corrected chi connectivity index (χ1v) is 8.83. The number of ether oxygens (including phenoxy) is 1. The first-order valence-electron chi connectivity index (χ1n) is 8.08. The predicted octanol–water partition coefficient (Wildman–Crippen LogP) is 5.09. The first-order chi connectivity index (χ1) is 13.0. The molecule has 0 saturated heterocycles. The molecule has 0 radical (unpaired) electrons. The fourth-order valence-corrected chi connectivity index (χ4v) is 2.58. The molecule has 0 aliphatic carbocycles. The van der Waals surface area contributed by atoms with Crippen molar-refractivity contribution in [1.29, 1.82) is 0 Å². The van der Waals surface area contributed by atoms with Crippen molar-refractivity contribution in [3.63, 3.8) is 0 Å². The van der Waals surface area contributed by atoms with Crippen LogP contribution < -0.4 is 10.2 Å². The van der Waals surface area contributed by atoms with E-state index in [9.17, 15) is 4.79 Å². The number of amides is 1. The number of carbonyl (C=O) groups excluding carboxylic acids is 1. The molecular weight excluding hydrogens is 387 g/mol. The number of hydrogen-bond acceptors (Lipinski definition) is 4. The maximum atomic E-state index is 11.8. The number of hydrazone groups is 1. The number of nitrogens with zero attached hydrogens (tertiary/aromatic N) is 1. The second kappa shape index (κ2) is 8.75. The smallest absolute Gasteiger partial charge is 0.277 e. The van der Waals surface area contributed by atoms with Gasteiger partial charge in [-0.15, -0.1) is 0 Å². The van der Waals surface area contributed by atoms with E-state index in [1.165, 1.54) is 6.21 Å². The topological polar surface area (TPSA) is 63.8 Å². The van der Waals surface area contributed by atoms with Gasteiger partial charge in [0.25, 0.3) is 5.91 Å². The Morgan fingerprint density at radius 1 is 1.15 bits per heavy atom. The van der Waals surface area contributed by atoms with Crippen LogP contribution in [0.15, 0.2) is 64.1 Å². The lowest BCUT2D eigenvalue weighted by Crippen LogP contribution is -2.24. The Balaban J connectivity index is 1.53. The molecule has 0 bridgehead atoms. The summed E-state index contributed by atoms with van der Waals surface area (Å²) in [5, 5.41) is 4.79. The Morgan fingerprint density at radius 3 is 2.78 bits per heavy atom. The van der Waals surface area contributed by atoms with Crippen LogP contribution in [0.2, 0.25) is 10.0 Å². The zero-order valence-electron chi connectivity index (χ0n) is 14.4. The van der Waals surface area contributed by atoms with E-state index in [0.717, 1.165) is 11.1 Å². The predicted molar refractivity (Wildman–Crippen MR) is 107 cm³/mol. The molecule has 3 rings (SSSR count). The SMILES string of the molecule is Cc1cccc(OCC(=O)NN=Cc2ccc(-c3ccc(Cl)c(Cl)c3)o2)c1. The second-order valence-corrected chi connectivity index (χ2v) is 6.54. The molecule has 0 aliphatic rings. The summed E-state index contributed by atoms with van der Waals surface area (Å²) in [6.45, 7) is 1.82. The largest absolute Gasteiger partial charge is 0.484 e. The van der Waals surface area contributed by atoms with Gasteiger partial charge in [-0.25, -0.2) is 5.43 Å². The number of carbonyl (C=O) groups is 1. The van der Waals surface area contributed by atoms with Crippen LogP contribution in [0.25, 0.3) is 11.3 Å². The summed E-state index contributed by atoms with van der Waals surface area (Å²) in [7, 11) is 0. The number of rotatable bonds is 6. The third kappa shape index (κ3) is 5.36. The quantitative estimate of drug-likeness (QED) is 0.461. The summed E-state index contributed by atoms with van der Waals surface area (Å²) < 4.78 is 11.1. The van der Waals surface area contributed by atoms with Crippen molar-refractivity contribution in [1.82, 2.24) is 5.43 Å². The van der Waals surface area contributed by atoms with Gasteiger partial charge in [-0.3, -0.25) is 4.79 Å². The average molecular weight is 403 g/mol. The van der Waals surface area contributed by atoms with Gasteiger partial charge in [-0.1, -0.05) is 35.3 Å². The number of furan rings is 1. The molecule has 1 amide bonds. The molecule has 5 nitrogen and oxygen atoms in total. The van der Waals surface area contributed by atoms with Crippen LogP contribution >= 0.6 is 23.2 Å². The van der Waals surface area contributed by atoms with Gasteiger partial charge in [0, 0.05) is 5.56 Å². The summed E-state index contributed by atoms with van der Waals surface area (Å²) in [6.07, 6.45) is 1.41. The Labute approximate surface area is 166 Å². The highest BCUT2D eigenvalue weighted by Crippen LogP contribution is 2.29. The minimum Gasteiger partial charge on any atom is -0.484 e. The van der Waals surface area contributed by atoms with E-state index in [4.69, 9.17) is 32.4 Å². The summed E-state index contributed by atoms with van der Waals surface area (Å²) in [5.41, 5.74) is 4.24. The van der Waals surface area contributed by atoms with E-state index in [-0.39, 0.29) is 12.5 Å². The lowest BCUT2D eigenvalue weighted by atomic mass is 10.2. The van der Waals surface area contributed by atoms with Crippen LogP contribution in [0.4, 0.5) is 0 Å². The zero-order valence-corrected chi connectivity index (χ0v) is 15.9. The van der Waals surface area contributed by atoms with Gasteiger partial charge in [0.15, 0.2) is 6.61 Å². The number of aryl methyl sites for hydroxylation is 1. The number of benzene rings is 2. The van der Waals surface area contributed by atoms with E-state index < -0.39 is 0 Å². The Morgan fingerprint density at radius 2 is 2.00 bits per heavy atom. The van der Waals surface area contributed by atoms with Crippen molar-refractivity contribution in [2.45, 2.75) is 6.92 Å². The minimum absolute atomic E-state index is 0.131. The fraction of sp³-hybridized carbons (Fsp3) is 0.100. The monoisotopic (exact) mass is 402 g/mol. The van der Waals surface area contributed by atoms with E-state index in [0.29, 0.717) is 27.3 Å². The molecule has 0 atom stereocenters. The fourth-order valence-electron chi connectivity index (χ4n) is 2.28. The van der Waals surface area contributed by atoms with Crippen LogP contribution in [-0.2, 0) is 4.79 Å². The molecule has 0 spiro atoms. The maximum absolute atomic E-state index is 11.8. The van der Waals surface area contributed by atoms with Gasteiger partial charge in [0.1, 0.15) is 17.3 Å². The van der Waals surface area contributed by atoms with Gasteiger partial charge in [-0.2, -0.15) is 5.10 Å². The molecule has 2 aromatic carbocycles. The van der Waals surface area contributed by atoms with Crippen molar-refractivity contribution >= 4 is 35.3 Å². The minimum atomic E-state index is -0.371. The van der Waals surface area contributed by atoms with Gasteiger partial charge >= 0.3 is 0 Å². The standard InChI is InChI=1S/C20H16Cl2N2O3/c1-13-3-2-4-15(9-13)26-12-20(25)24-23-11-16-6-8-19(27-16)14-5-7-17(21)18(22)10-14/h2-11H,12H2,1H3,(H,24,25). The molecule has 27 heavy (non-hydrogen) atoms. The van der Waals surface area contributed by atoms with Gasteiger partial charge < -0.3 is 9.15 Å². The normalized spacial score (nSPS) is 10.9. The third-order valence-corrected chi connectivity index (χ3v) is 4.31. The average Bonchev–Trinajstić information content (AvgIpc) is 3.11. The van der Waals surface area contributed by atoms with Crippen molar-refractivity contribution < 1.29 is 13.9 Å². The van der Waals surface area contributed by atoms with Crippen molar-refractivity contribution in [3.8, 4) is 17.1 Å². The zero-order chi connectivity index (χ0) is 19.2. The van der Waals surface area contributed by atoms with Gasteiger partial charge in [-0.05, 0) is 55.0 Å². The first kappa shape index (κ1) is 19.0. The van der Waals surface area contributed by atoms with Crippen LogP contribution in [0.3, 0.4) is 0 Å².